The largest absolute Gasteiger partial charge is 0.463 e. The predicted molar refractivity (Wildman–Crippen MR) is 58.9 cm³/mol. The van der Waals surface area contributed by atoms with Crippen LogP contribution in [0, 0.1) is 6.92 Å². The van der Waals surface area contributed by atoms with E-state index in [0.717, 1.165) is 16.3 Å². The van der Waals surface area contributed by atoms with E-state index >= 15 is 0 Å². The quantitative estimate of drug-likeness (QED) is 0.849. The molecule has 0 atom stereocenters. The highest BCUT2D eigenvalue weighted by atomic mass is 32.1. The van der Waals surface area contributed by atoms with Crippen molar-refractivity contribution in [2.45, 2.75) is 13.8 Å². The lowest BCUT2D eigenvalue weighted by molar-refractivity contribution is -0.114. The molecule has 15 heavy (non-hydrogen) atoms. The van der Waals surface area contributed by atoms with Crippen LogP contribution in [0.4, 0.5) is 5.13 Å². The first-order valence-electron chi connectivity index (χ1n) is 4.45. The van der Waals surface area contributed by atoms with Gasteiger partial charge in [0.2, 0.25) is 5.91 Å². The van der Waals surface area contributed by atoms with E-state index in [1.807, 2.05) is 19.1 Å². The third-order valence-corrected chi connectivity index (χ3v) is 2.91. The van der Waals surface area contributed by atoms with E-state index in [4.69, 9.17) is 4.42 Å². The normalized spacial score (nSPS) is 10.3. The molecular formula is C10H10N2O2S. The summed E-state index contributed by atoms with van der Waals surface area (Å²) in [6.45, 7) is 3.35. The number of nitrogens with zero attached hydrogens (tertiary/aromatic N) is 1. The number of anilines is 1. The zero-order chi connectivity index (χ0) is 10.8. The van der Waals surface area contributed by atoms with Crippen LogP contribution in [0.2, 0.25) is 0 Å². The van der Waals surface area contributed by atoms with Gasteiger partial charge in [-0.05, 0) is 19.1 Å². The molecule has 78 valence electrons. The third kappa shape index (κ3) is 2.07. The summed E-state index contributed by atoms with van der Waals surface area (Å²) < 4.78 is 5.28. The van der Waals surface area contributed by atoms with Gasteiger partial charge in [0.05, 0.1) is 16.8 Å². The maximum atomic E-state index is 10.9. The number of aryl methyl sites for hydroxylation is 1. The number of thiazole rings is 1. The van der Waals surface area contributed by atoms with Gasteiger partial charge in [0.25, 0.3) is 0 Å². The van der Waals surface area contributed by atoms with Crippen LogP contribution in [-0.2, 0) is 4.79 Å². The molecule has 0 saturated heterocycles. The Labute approximate surface area is 90.9 Å². The molecule has 0 radical (unpaired) electrons. The highest BCUT2D eigenvalue weighted by molar-refractivity contribution is 7.19. The second kappa shape index (κ2) is 3.86. The van der Waals surface area contributed by atoms with Crippen LogP contribution in [0.5, 0.6) is 0 Å². The van der Waals surface area contributed by atoms with Gasteiger partial charge in [-0.25, -0.2) is 4.98 Å². The van der Waals surface area contributed by atoms with Crippen molar-refractivity contribution in [3.05, 3.63) is 24.1 Å². The van der Waals surface area contributed by atoms with Crippen molar-refractivity contribution in [1.82, 2.24) is 4.98 Å². The molecule has 0 spiro atoms. The summed E-state index contributed by atoms with van der Waals surface area (Å²) in [6, 6.07) is 3.70. The Morgan fingerprint density at radius 2 is 2.40 bits per heavy atom. The van der Waals surface area contributed by atoms with Crippen molar-refractivity contribution in [2.75, 3.05) is 5.32 Å². The smallest absolute Gasteiger partial charge is 0.223 e. The molecule has 5 heteroatoms. The minimum atomic E-state index is -0.116. The van der Waals surface area contributed by atoms with Gasteiger partial charge in [-0.2, -0.15) is 0 Å². The molecule has 1 amide bonds. The van der Waals surface area contributed by atoms with Crippen molar-refractivity contribution in [2.24, 2.45) is 0 Å². The van der Waals surface area contributed by atoms with Gasteiger partial charge in [-0.15, -0.1) is 0 Å². The van der Waals surface area contributed by atoms with Crippen molar-refractivity contribution in [3.8, 4) is 10.6 Å². The van der Waals surface area contributed by atoms with Crippen LogP contribution >= 0.6 is 11.3 Å². The van der Waals surface area contributed by atoms with Gasteiger partial charge in [-0.1, -0.05) is 11.3 Å². The number of furan rings is 1. The van der Waals surface area contributed by atoms with Crippen LogP contribution in [0.15, 0.2) is 22.8 Å². The Kier molecular flexibility index (Phi) is 2.55. The third-order valence-electron chi connectivity index (χ3n) is 1.82. The van der Waals surface area contributed by atoms with Crippen molar-refractivity contribution in [1.29, 1.82) is 0 Å². The first-order chi connectivity index (χ1) is 7.16. The lowest BCUT2D eigenvalue weighted by atomic mass is 10.3. The molecule has 2 aromatic rings. The van der Waals surface area contributed by atoms with Crippen molar-refractivity contribution in [3.63, 3.8) is 0 Å². The van der Waals surface area contributed by atoms with E-state index in [1.54, 1.807) is 6.26 Å². The maximum Gasteiger partial charge on any atom is 0.223 e. The van der Waals surface area contributed by atoms with Gasteiger partial charge < -0.3 is 9.73 Å². The fourth-order valence-electron chi connectivity index (χ4n) is 1.24. The van der Waals surface area contributed by atoms with Crippen LogP contribution in [0.3, 0.4) is 0 Å². The SMILES string of the molecule is CC(=O)Nc1nc(C)c(-c2ccco2)s1. The van der Waals surface area contributed by atoms with Gasteiger partial charge in [0.15, 0.2) is 5.13 Å². The lowest BCUT2D eigenvalue weighted by Crippen LogP contribution is -2.04. The van der Waals surface area contributed by atoms with E-state index in [9.17, 15) is 4.79 Å². The summed E-state index contributed by atoms with van der Waals surface area (Å²) in [5, 5.41) is 3.26. The molecule has 1 N–H and O–H groups in total. The Hall–Kier alpha value is -1.62. The van der Waals surface area contributed by atoms with Crippen LogP contribution in [-0.4, -0.2) is 10.9 Å². The summed E-state index contributed by atoms with van der Waals surface area (Å²) in [7, 11) is 0. The summed E-state index contributed by atoms with van der Waals surface area (Å²) in [5.74, 6) is 0.663. The number of rotatable bonds is 2. The Morgan fingerprint density at radius 1 is 1.60 bits per heavy atom. The topological polar surface area (TPSA) is 55.1 Å². The number of aromatic nitrogens is 1. The van der Waals surface area contributed by atoms with E-state index < -0.39 is 0 Å². The molecule has 2 rings (SSSR count). The zero-order valence-corrected chi connectivity index (χ0v) is 9.22. The molecule has 0 bridgehead atoms. The average Bonchev–Trinajstić information content (AvgIpc) is 2.72. The number of carbonyl (C=O) groups is 1. The predicted octanol–water partition coefficient (Wildman–Crippen LogP) is 2.67. The van der Waals surface area contributed by atoms with Crippen molar-refractivity contribution >= 4 is 22.4 Å². The van der Waals surface area contributed by atoms with Gasteiger partial charge in [0, 0.05) is 6.92 Å². The van der Waals surface area contributed by atoms with E-state index in [-0.39, 0.29) is 5.91 Å². The lowest BCUT2D eigenvalue weighted by Gasteiger charge is -1.92. The molecule has 0 aliphatic heterocycles. The van der Waals surface area contributed by atoms with Crippen LogP contribution < -0.4 is 5.32 Å². The van der Waals surface area contributed by atoms with Gasteiger partial charge >= 0.3 is 0 Å². The number of hydrogen-bond acceptors (Lipinski definition) is 4. The first kappa shape index (κ1) is 9.92. The van der Waals surface area contributed by atoms with E-state index in [2.05, 4.69) is 10.3 Å². The molecule has 4 nitrogen and oxygen atoms in total. The summed E-state index contributed by atoms with van der Waals surface area (Å²) in [4.78, 5) is 16.0. The molecule has 0 aliphatic rings. The number of carbonyl (C=O) groups excluding carboxylic acids is 1. The average molecular weight is 222 g/mol. The first-order valence-corrected chi connectivity index (χ1v) is 5.27. The maximum absolute atomic E-state index is 10.9. The summed E-state index contributed by atoms with van der Waals surface area (Å²) >= 11 is 1.41. The van der Waals surface area contributed by atoms with Crippen molar-refractivity contribution < 1.29 is 9.21 Å². The fourth-order valence-corrected chi connectivity index (χ4v) is 2.22. The molecular weight excluding hydrogens is 212 g/mol. The molecule has 2 heterocycles. The van der Waals surface area contributed by atoms with Crippen LogP contribution in [0.1, 0.15) is 12.6 Å². The summed E-state index contributed by atoms with van der Waals surface area (Å²) in [5.41, 5.74) is 0.860. The Bertz CT molecular complexity index is 474. The second-order valence-corrected chi connectivity index (χ2v) is 4.09. The minimum Gasteiger partial charge on any atom is -0.463 e. The van der Waals surface area contributed by atoms with Gasteiger partial charge in [0.1, 0.15) is 5.76 Å². The van der Waals surface area contributed by atoms with E-state index in [1.165, 1.54) is 18.3 Å². The Morgan fingerprint density at radius 3 is 3.00 bits per heavy atom. The monoisotopic (exact) mass is 222 g/mol. The van der Waals surface area contributed by atoms with E-state index in [0.29, 0.717) is 5.13 Å². The summed E-state index contributed by atoms with van der Waals surface area (Å²) in [6.07, 6.45) is 1.62. The van der Waals surface area contributed by atoms with Crippen LogP contribution in [0.25, 0.3) is 10.6 Å². The Balaban J connectivity index is 2.34. The highest BCUT2D eigenvalue weighted by Crippen LogP contribution is 2.32. The molecule has 0 aliphatic carbocycles. The minimum absolute atomic E-state index is 0.116. The van der Waals surface area contributed by atoms with Gasteiger partial charge in [-0.3, -0.25) is 4.79 Å². The molecule has 0 saturated carbocycles. The number of nitrogens with one attached hydrogen (secondary N) is 1. The number of hydrogen-bond donors (Lipinski definition) is 1. The highest BCUT2D eigenvalue weighted by Gasteiger charge is 2.12. The molecule has 0 fully saturated rings. The fraction of sp³-hybridized carbons (Fsp3) is 0.200. The number of amides is 1. The molecule has 0 unspecified atom stereocenters. The zero-order valence-electron chi connectivity index (χ0n) is 8.40. The molecule has 0 aromatic carbocycles. The molecule has 2 aromatic heterocycles. The second-order valence-electron chi connectivity index (χ2n) is 3.09. The standard InChI is InChI=1S/C10H10N2O2S/c1-6-9(8-4-3-5-14-8)15-10(11-6)12-7(2)13/h3-5H,1-2H3,(H,11,12,13).